The molecule has 1 aliphatic rings. The molecule has 3 rings (SSSR count). The van der Waals surface area contributed by atoms with Gasteiger partial charge in [0, 0.05) is 30.2 Å². The lowest BCUT2D eigenvalue weighted by Crippen LogP contribution is -2.20. The van der Waals surface area contributed by atoms with Crippen molar-refractivity contribution in [2.75, 3.05) is 6.54 Å². The summed E-state index contributed by atoms with van der Waals surface area (Å²) in [4.78, 5) is 8.90. The zero-order valence-corrected chi connectivity index (χ0v) is 13.0. The third-order valence-corrected chi connectivity index (χ3v) is 4.04. The lowest BCUT2D eigenvalue weighted by molar-refractivity contribution is 0.551. The zero-order valence-electron chi connectivity index (χ0n) is 13.0. The van der Waals surface area contributed by atoms with Crippen LogP contribution in [0.4, 0.5) is 0 Å². The first-order chi connectivity index (χ1) is 10.3. The fourth-order valence-corrected chi connectivity index (χ4v) is 2.96. The molecular weight excluding hydrogens is 260 g/mol. The Labute approximate surface area is 126 Å². The molecule has 0 aromatic carbocycles. The number of aryl methyl sites for hydroxylation is 1. The molecule has 0 saturated heterocycles. The predicted octanol–water partition coefficient (Wildman–Crippen LogP) is 2.89. The number of pyridine rings is 1. The third-order valence-electron chi connectivity index (χ3n) is 4.04. The van der Waals surface area contributed by atoms with E-state index in [4.69, 9.17) is 0 Å². The van der Waals surface area contributed by atoms with E-state index in [1.807, 2.05) is 18.7 Å². The van der Waals surface area contributed by atoms with E-state index in [1.165, 1.54) is 35.5 Å². The molecule has 21 heavy (non-hydrogen) atoms. The SMILES string of the molecule is CC(C)CNCc1cnccc1-n1cnc2c1CCCC2. The van der Waals surface area contributed by atoms with E-state index in [2.05, 4.69) is 39.8 Å². The summed E-state index contributed by atoms with van der Waals surface area (Å²) >= 11 is 0. The van der Waals surface area contributed by atoms with Gasteiger partial charge < -0.3 is 9.88 Å². The normalized spacial score (nSPS) is 14.4. The van der Waals surface area contributed by atoms with Crippen LogP contribution in [0.15, 0.2) is 24.8 Å². The summed E-state index contributed by atoms with van der Waals surface area (Å²) in [5, 5.41) is 3.51. The van der Waals surface area contributed by atoms with Gasteiger partial charge in [0.1, 0.15) is 0 Å². The number of nitrogens with one attached hydrogen (secondary N) is 1. The maximum atomic E-state index is 4.60. The van der Waals surface area contributed by atoms with Gasteiger partial charge in [-0.15, -0.1) is 0 Å². The molecule has 0 radical (unpaired) electrons. The van der Waals surface area contributed by atoms with Gasteiger partial charge in [0.2, 0.25) is 0 Å². The highest BCUT2D eigenvalue weighted by Gasteiger charge is 2.17. The summed E-state index contributed by atoms with van der Waals surface area (Å²) in [6.45, 7) is 6.33. The van der Waals surface area contributed by atoms with Crippen molar-refractivity contribution in [3.05, 3.63) is 41.7 Å². The molecule has 4 nitrogen and oxygen atoms in total. The first kappa shape index (κ1) is 14.3. The Hall–Kier alpha value is -1.68. The second kappa shape index (κ2) is 6.39. The minimum absolute atomic E-state index is 0.658. The average Bonchev–Trinajstić information content (AvgIpc) is 2.91. The third kappa shape index (κ3) is 3.16. The molecule has 0 amide bonds. The fourth-order valence-electron chi connectivity index (χ4n) is 2.96. The molecule has 4 heteroatoms. The van der Waals surface area contributed by atoms with Crippen molar-refractivity contribution in [1.82, 2.24) is 19.9 Å². The Morgan fingerprint density at radius 2 is 2.14 bits per heavy atom. The Balaban J connectivity index is 1.86. The summed E-state index contributed by atoms with van der Waals surface area (Å²) in [7, 11) is 0. The van der Waals surface area contributed by atoms with Gasteiger partial charge in [0.25, 0.3) is 0 Å². The van der Waals surface area contributed by atoms with Crippen LogP contribution in [0.1, 0.15) is 43.6 Å². The summed E-state index contributed by atoms with van der Waals surface area (Å²) in [6.07, 6.45) is 10.6. The molecule has 1 N–H and O–H groups in total. The summed E-state index contributed by atoms with van der Waals surface area (Å²) < 4.78 is 2.27. The van der Waals surface area contributed by atoms with E-state index in [0.29, 0.717) is 5.92 Å². The van der Waals surface area contributed by atoms with E-state index in [1.54, 1.807) is 0 Å². The number of nitrogens with zero attached hydrogens (tertiary/aromatic N) is 3. The molecule has 0 fully saturated rings. The van der Waals surface area contributed by atoms with Gasteiger partial charge in [0.05, 0.1) is 17.7 Å². The van der Waals surface area contributed by atoms with Crippen LogP contribution in [0.5, 0.6) is 0 Å². The first-order valence-electron chi connectivity index (χ1n) is 7.95. The van der Waals surface area contributed by atoms with Crippen molar-refractivity contribution in [1.29, 1.82) is 0 Å². The zero-order chi connectivity index (χ0) is 14.7. The van der Waals surface area contributed by atoms with Crippen LogP contribution in [-0.4, -0.2) is 21.1 Å². The van der Waals surface area contributed by atoms with Crippen molar-refractivity contribution >= 4 is 0 Å². The predicted molar refractivity (Wildman–Crippen MR) is 84.5 cm³/mol. The highest BCUT2D eigenvalue weighted by molar-refractivity contribution is 5.41. The van der Waals surface area contributed by atoms with Gasteiger partial charge in [-0.2, -0.15) is 0 Å². The monoisotopic (exact) mass is 284 g/mol. The van der Waals surface area contributed by atoms with Crippen LogP contribution >= 0.6 is 0 Å². The molecule has 0 aliphatic heterocycles. The molecular formula is C17H24N4. The molecule has 2 aromatic heterocycles. The summed E-state index contributed by atoms with van der Waals surface area (Å²) in [5.41, 5.74) is 5.12. The van der Waals surface area contributed by atoms with Crippen molar-refractivity contribution in [2.45, 2.75) is 46.1 Å². The van der Waals surface area contributed by atoms with Crippen molar-refractivity contribution in [3.8, 4) is 5.69 Å². The number of rotatable bonds is 5. The number of aromatic nitrogens is 3. The number of hydrogen-bond acceptors (Lipinski definition) is 3. The molecule has 0 saturated carbocycles. The van der Waals surface area contributed by atoms with Crippen LogP contribution in [0.2, 0.25) is 0 Å². The standard InChI is InChI=1S/C17H24N4/c1-13(2)9-19-11-14-10-18-8-7-16(14)21-12-20-15-5-3-4-6-17(15)21/h7-8,10,12-13,19H,3-6,9,11H2,1-2H3. The Morgan fingerprint density at radius 1 is 1.29 bits per heavy atom. The minimum Gasteiger partial charge on any atom is -0.312 e. The molecule has 0 atom stereocenters. The van der Waals surface area contributed by atoms with Crippen LogP contribution in [0.3, 0.4) is 0 Å². The van der Waals surface area contributed by atoms with Gasteiger partial charge in [-0.1, -0.05) is 13.8 Å². The molecule has 2 aromatic rings. The maximum absolute atomic E-state index is 4.60. The van der Waals surface area contributed by atoms with Gasteiger partial charge in [-0.25, -0.2) is 4.98 Å². The maximum Gasteiger partial charge on any atom is 0.0997 e. The van der Waals surface area contributed by atoms with Crippen molar-refractivity contribution in [3.63, 3.8) is 0 Å². The fraction of sp³-hybridized carbons (Fsp3) is 0.529. The molecule has 2 heterocycles. The first-order valence-corrected chi connectivity index (χ1v) is 7.95. The van der Waals surface area contributed by atoms with Gasteiger partial charge in [0.15, 0.2) is 0 Å². The smallest absolute Gasteiger partial charge is 0.0997 e. The average molecular weight is 284 g/mol. The van der Waals surface area contributed by atoms with Gasteiger partial charge >= 0.3 is 0 Å². The second-order valence-electron chi connectivity index (χ2n) is 6.24. The van der Waals surface area contributed by atoms with Crippen LogP contribution in [-0.2, 0) is 19.4 Å². The van der Waals surface area contributed by atoms with Crippen molar-refractivity contribution in [2.24, 2.45) is 5.92 Å². The highest BCUT2D eigenvalue weighted by atomic mass is 15.1. The molecule has 112 valence electrons. The van der Waals surface area contributed by atoms with E-state index in [-0.39, 0.29) is 0 Å². The topological polar surface area (TPSA) is 42.7 Å². The van der Waals surface area contributed by atoms with Crippen LogP contribution < -0.4 is 5.32 Å². The van der Waals surface area contributed by atoms with E-state index >= 15 is 0 Å². The largest absolute Gasteiger partial charge is 0.312 e. The lowest BCUT2D eigenvalue weighted by atomic mass is 10.0. The lowest BCUT2D eigenvalue weighted by Gasteiger charge is -2.17. The highest BCUT2D eigenvalue weighted by Crippen LogP contribution is 2.24. The quantitative estimate of drug-likeness (QED) is 0.918. The Kier molecular flexibility index (Phi) is 4.34. The van der Waals surface area contributed by atoms with Crippen LogP contribution in [0.25, 0.3) is 5.69 Å². The summed E-state index contributed by atoms with van der Waals surface area (Å²) in [6, 6.07) is 2.10. The number of fused-ring (bicyclic) bond motifs is 1. The number of hydrogen-bond donors (Lipinski definition) is 1. The molecule has 0 bridgehead atoms. The van der Waals surface area contributed by atoms with Crippen molar-refractivity contribution < 1.29 is 0 Å². The molecule has 0 spiro atoms. The van der Waals surface area contributed by atoms with E-state index < -0.39 is 0 Å². The molecule has 1 aliphatic carbocycles. The number of imidazole rings is 1. The Bertz CT molecular complexity index is 601. The Morgan fingerprint density at radius 3 is 3.00 bits per heavy atom. The molecule has 0 unspecified atom stereocenters. The second-order valence-corrected chi connectivity index (χ2v) is 6.24. The van der Waals surface area contributed by atoms with Gasteiger partial charge in [-0.05, 0) is 44.2 Å². The van der Waals surface area contributed by atoms with E-state index in [0.717, 1.165) is 25.9 Å². The van der Waals surface area contributed by atoms with Crippen LogP contribution in [0, 0.1) is 5.92 Å². The van der Waals surface area contributed by atoms with Gasteiger partial charge in [-0.3, -0.25) is 4.98 Å². The van der Waals surface area contributed by atoms with E-state index in [9.17, 15) is 0 Å². The summed E-state index contributed by atoms with van der Waals surface area (Å²) in [5.74, 6) is 0.658. The minimum atomic E-state index is 0.658.